The summed E-state index contributed by atoms with van der Waals surface area (Å²) >= 11 is 0. The summed E-state index contributed by atoms with van der Waals surface area (Å²) in [4.78, 5) is 34.0. The number of nitrogen functional groups attached to an aromatic ring is 1. The van der Waals surface area contributed by atoms with E-state index in [-0.39, 0.29) is 17.9 Å². The molecule has 2 aliphatic rings. The van der Waals surface area contributed by atoms with Crippen LogP contribution in [0.1, 0.15) is 60.5 Å². The molecule has 0 spiro atoms. The van der Waals surface area contributed by atoms with Gasteiger partial charge in [0.2, 0.25) is 0 Å². The van der Waals surface area contributed by atoms with Gasteiger partial charge in [-0.05, 0) is 37.8 Å². The zero-order valence-electron chi connectivity index (χ0n) is 16.6. The summed E-state index contributed by atoms with van der Waals surface area (Å²) in [6.45, 7) is 0. The van der Waals surface area contributed by atoms with Crippen molar-refractivity contribution in [3.63, 3.8) is 0 Å². The third-order valence-electron chi connectivity index (χ3n) is 5.90. The van der Waals surface area contributed by atoms with Crippen molar-refractivity contribution >= 4 is 34.4 Å². The number of ketones is 1. The molecule has 8 nitrogen and oxygen atoms in total. The number of anilines is 2. The predicted octanol–water partition coefficient (Wildman–Crippen LogP) is 3.64. The molecule has 0 radical (unpaired) electrons. The molecule has 0 aliphatic heterocycles. The molecule has 5 rings (SSSR count). The Kier molecular flexibility index (Phi) is 4.61. The normalized spacial score (nSPS) is 16.7. The van der Waals surface area contributed by atoms with Gasteiger partial charge in [-0.25, -0.2) is 14.8 Å². The van der Waals surface area contributed by atoms with Gasteiger partial charge >= 0.3 is 6.03 Å². The summed E-state index contributed by atoms with van der Waals surface area (Å²) in [5.74, 6) is 0.141. The minimum atomic E-state index is -0.252. The van der Waals surface area contributed by atoms with Gasteiger partial charge in [0.05, 0.1) is 10.9 Å². The molecule has 2 saturated carbocycles. The van der Waals surface area contributed by atoms with Crippen LogP contribution in [0.4, 0.5) is 16.3 Å². The summed E-state index contributed by atoms with van der Waals surface area (Å²) in [6, 6.07) is 7.29. The Balaban J connectivity index is 1.48. The summed E-state index contributed by atoms with van der Waals surface area (Å²) in [6.07, 6.45) is 9.82. The first-order chi connectivity index (χ1) is 14.6. The van der Waals surface area contributed by atoms with Gasteiger partial charge in [-0.15, -0.1) is 0 Å². The first-order valence-corrected chi connectivity index (χ1v) is 10.4. The van der Waals surface area contributed by atoms with Crippen molar-refractivity contribution in [1.29, 1.82) is 0 Å². The molecule has 0 atom stereocenters. The van der Waals surface area contributed by atoms with Gasteiger partial charge in [0.1, 0.15) is 17.8 Å². The number of benzene rings is 1. The van der Waals surface area contributed by atoms with Crippen LogP contribution in [0.15, 0.2) is 36.8 Å². The van der Waals surface area contributed by atoms with E-state index in [1.807, 2.05) is 6.20 Å². The minimum absolute atomic E-state index is 0.163. The van der Waals surface area contributed by atoms with Gasteiger partial charge in [-0.2, -0.15) is 0 Å². The molecule has 0 saturated heterocycles. The van der Waals surface area contributed by atoms with Crippen LogP contribution in [0, 0.1) is 0 Å². The molecular weight excluding hydrogens is 380 g/mol. The number of urea groups is 1. The number of hydrogen-bond donors (Lipinski definition) is 3. The summed E-state index contributed by atoms with van der Waals surface area (Å²) in [5, 5.41) is 6.28. The molecular formula is C22H24N6O2. The third-order valence-corrected chi connectivity index (χ3v) is 5.90. The van der Waals surface area contributed by atoms with Gasteiger partial charge in [0.25, 0.3) is 0 Å². The molecule has 4 N–H and O–H groups in total. The molecule has 2 aliphatic carbocycles. The van der Waals surface area contributed by atoms with E-state index in [4.69, 9.17) is 5.73 Å². The molecule has 2 heterocycles. The highest BCUT2D eigenvalue weighted by Gasteiger charge is 2.26. The van der Waals surface area contributed by atoms with Gasteiger partial charge in [0.15, 0.2) is 5.78 Å². The number of carbonyl (C=O) groups excluding carboxylic acids is 2. The van der Waals surface area contributed by atoms with E-state index in [1.54, 1.807) is 24.3 Å². The van der Waals surface area contributed by atoms with Crippen molar-refractivity contribution in [2.24, 2.45) is 0 Å². The fraction of sp³-hybridized carbons (Fsp3) is 0.364. The number of rotatable bonds is 5. The Labute approximate surface area is 173 Å². The number of nitrogens with zero attached hydrogens (tertiary/aromatic N) is 3. The molecule has 2 fully saturated rings. The second-order valence-electron chi connectivity index (χ2n) is 8.13. The van der Waals surface area contributed by atoms with Crippen molar-refractivity contribution in [2.75, 3.05) is 11.1 Å². The number of amides is 2. The minimum Gasteiger partial charge on any atom is -0.383 e. The van der Waals surface area contributed by atoms with Gasteiger partial charge < -0.3 is 20.9 Å². The van der Waals surface area contributed by atoms with Crippen molar-refractivity contribution in [1.82, 2.24) is 19.9 Å². The average Bonchev–Trinajstić information content (AvgIpc) is 3.23. The van der Waals surface area contributed by atoms with Crippen molar-refractivity contribution in [2.45, 2.75) is 50.6 Å². The van der Waals surface area contributed by atoms with E-state index in [0.717, 1.165) is 25.7 Å². The Morgan fingerprint density at radius 2 is 1.90 bits per heavy atom. The highest BCUT2D eigenvalue weighted by atomic mass is 16.2. The number of carbonyl (C=O) groups is 2. The van der Waals surface area contributed by atoms with Gasteiger partial charge in [0, 0.05) is 29.5 Å². The highest BCUT2D eigenvalue weighted by molar-refractivity contribution is 6.18. The molecule has 154 valence electrons. The van der Waals surface area contributed by atoms with Crippen LogP contribution in [-0.2, 0) is 0 Å². The zero-order valence-corrected chi connectivity index (χ0v) is 16.6. The molecule has 2 aromatic heterocycles. The smallest absolute Gasteiger partial charge is 0.319 e. The lowest BCUT2D eigenvalue weighted by molar-refractivity contribution is 0.104. The largest absolute Gasteiger partial charge is 0.383 e. The first-order valence-electron chi connectivity index (χ1n) is 10.4. The standard InChI is InChI=1S/C22H24N6O2/c23-20-18-17(11-28(16-6-1-2-7-16)21(18)25-12-24-20)19(29)13-4-3-5-15(10-13)27-22(30)26-14-8-9-14/h3-5,10-12,14,16H,1-2,6-9H2,(H2,23,24,25)(H2,26,27,30). The zero-order chi connectivity index (χ0) is 20.7. The van der Waals surface area contributed by atoms with Crippen LogP contribution in [0.5, 0.6) is 0 Å². The summed E-state index contributed by atoms with van der Waals surface area (Å²) in [5.41, 5.74) is 8.40. The lowest BCUT2D eigenvalue weighted by Gasteiger charge is -2.12. The van der Waals surface area contributed by atoms with Crippen molar-refractivity contribution in [3.05, 3.63) is 47.9 Å². The average molecular weight is 404 g/mol. The third kappa shape index (κ3) is 3.49. The Morgan fingerprint density at radius 3 is 2.67 bits per heavy atom. The maximum atomic E-state index is 13.4. The monoisotopic (exact) mass is 404 g/mol. The molecule has 2 amide bonds. The molecule has 3 aromatic rings. The number of hydrogen-bond acceptors (Lipinski definition) is 5. The first kappa shape index (κ1) is 18.6. The molecule has 8 heteroatoms. The maximum Gasteiger partial charge on any atom is 0.319 e. The predicted molar refractivity (Wildman–Crippen MR) is 114 cm³/mol. The SMILES string of the molecule is Nc1ncnc2c1c(C(=O)c1cccc(NC(=O)NC3CC3)c1)cn2C1CCCC1. The molecule has 30 heavy (non-hydrogen) atoms. The lowest BCUT2D eigenvalue weighted by atomic mass is 10.0. The topological polar surface area (TPSA) is 115 Å². The van der Waals surface area contributed by atoms with E-state index in [1.165, 1.54) is 19.2 Å². The maximum absolute atomic E-state index is 13.4. The second kappa shape index (κ2) is 7.44. The van der Waals surface area contributed by atoms with E-state index >= 15 is 0 Å². The number of nitrogens with one attached hydrogen (secondary N) is 2. The van der Waals surface area contributed by atoms with E-state index in [2.05, 4.69) is 25.2 Å². The summed E-state index contributed by atoms with van der Waals surface area (Å²) in [7, 11) is 0. The Morgan fingerprint density at radius 1 is 1.10 bits per heavy atom. The van der Waals surface area contributed by atoms with Crippen LogP contribution in [0.25, 0.3) is 11.0 Å². The van der Waals surface area contributed by atoms with Crippen molar-refractivity contribution in [3.8, 4) is 0 Å². The van der Waals surface area contributed by atoms with Crippen LogP contribution >= 0.6 is 0 Å². The van der Waals surface area contributed by atoms with Crippen molar-refractivity contribution < 1.29 is 9.59 Å². The van der Waals surface area contributed by atoms with Gasteiger partial charge in [-0.1, -0.05) is 25.0 Å². The Bertz CT molecular complexity index is 1130. The molecule has 1 aromatic carbocycles. The van der Waals surface area contributed by atoms with Crippen LogP contribution in [-0.4, -0.2) is 32.4 Å². The Hall–Kier alpha value is -3.42. The van der Waals surface area contributed by atoms with Gasteiger partial charge in [-0.3, -0.25) is 4.79 Å². The summed E-state index contributed by atoms with van der Waals surface area (Å²) < 4.78 is 2.08. The highest BCUT2D eigenvalue weighted by Crippen LogP contribution is 2.35. The van der Waals surface area contributed by atoms with Crippen LogP contribution in [0.2, 0.25) is 0 Å². The van der Waals surface area contributed by atoms with E-state index in [9.17, 15) is 9.59 Å². The fourth-order valence-electron chi connectivity index (χ4n) is 4.22. The fourth-order valence-corrected chi connectivity index (χ4v) is 4.22. The molecule has 0 unspecified atom stereocenters. The van der Waals surface area contributed by atoms with Crippen LogP contribution in [0.3, 0.4) is 0 Å². The van der Waals surface area contributed by atoms with Crippen LogP contribution < -0.4 is 16.4 Å². The number of fused-ring (bicyclic) bond motifs is 1. The lowest BCUT2D eigenvalue weighted by Crippen LogP contribution is -2.30. The van der Waals surface area contributed by atoms with E-state index in [0.29, 0.717) is 39.7 Å². The van der Waals surface area contributed by atoms with E-state index < -0.39 is 0 Å². The molecule has 0 bridgehead atoms. The number of nitrogens with two attached hydrogens (primary N) is 1. The number of aromatic nitrogens is 3. The quantitative estimate of drug-likeness (QED) is 0.562. The second-order valence-corrected chi connectivity index (χ2v) is 8.13.